The lowest BCUT2D eigenvalue weighted by atomic mass is 10.1. The van der Waals surface area contributed by atoms with E-state index in [4.69, 9.17) is 21.1 Å². The van der Waals surface area contributed by atoms with Crippen LogP contribution in [0.2, 0.25) is 5.02 Å². The number of hydrogen-bond acceptors (Lipinski definition) is 6. The Balaban J connectivity index is 2.54. The lowest BCUT2D eigenvalue weighted by Crippen LogP contribution is -2.02. The third kappa shape index (κ3) is 2.26. The fourth-order valence-electron chi connectivity index (χ4n) is 1.57. The van der Waals surface area contributed by atoms with Gasteiger partial charge in [-0.05, 0) is 0 Å². The zero-order chi connectivity index (χ0) is 13.3. The van der Waals surface area contributed by atoms with E-state index in [9.17, 15) is 20.2 Å². The van der Waals surface area contributed by atoms with Gasteiger partial charge in [0.15, 0.2) is 11.3 Å². The molecule has 0 radical (unpaired) electrons. The van der Waals surface area contributed by atoms with Crippen LogP contribution in [0, 0.1) is 20.2 Å². The minimum atomic E-state index is -0.834. The summed E-state index contributed by atoms with van der Waals surface area (Å²) in [5.41, 5.74) is -0.879. The average Bonchev–Trinajstić information content (AvgIpc) is 2.82. The van der Waals surface area contributed by atoms with Gasteiger partial charge in [0.25, 0.3) is 11.4 Å². The quantitative estimate of drug-likeness (QED) is 0.618. The first-order chi connectivity index (χ1) is 8.50. The summed E-state index contributed by atoms with van der Waals surface area (Å²) in [6.07, 6.45) is -0.834. The van der Waals surface area contributed by atoms with Gasteiger partial charge in [-0.15, -0.1) is 0 Å². The summed E-state index contributed by atoms with van der Waals surface area (Å²) in [7, 11) is 0. The largest absolute Gasteiger partial charge is 0.346 e. The molecule has 1 aliphatic rings. The van der Waals surface area contributed by atoms with Crippen LogP contribution in [0.15, 0.2) is 12.1 Å². The maximum absolute atomic E-state index is 10.8. The molecule has 0 aliphatic carbocycles. The number of nitro groups is 2. The fourth-order valence-corrected chi connectivity index (χ4v) is 1.82. The fraction of sp³-hybridized carbons (Fsp3) is 0.333. The second kappa shape index (κ2) is 4.84. The van der Waals surface area contributed by atoms with Crippen LogP contribution in [0.4, 0.5) is 11.4 Å². The zero-order valence-corrected chi connectivity index (χ0v) is 9.62. The van der Waals surface area contributed by atoms with E-state index < -0.39 is 32.5 Å². The zero-order valence-electron chi connectivity index (χ0n) is 8.87. The Hall–Kier alpha value is -1.77. The number of ether oxygens (including phenoxy) is 2. The number of benzene rings is 1. The summed E-state index contributed by atoms with van der Waals surface area (Å²) in [4.78, 5) is 20.0. The first kappa shape index (κ1) is 12.7. The van der Waals surface area contributed by atoms with E-state index in [1.54, 1.807) is 0 Å². The normalized spacial score (nSPS) is 15.8. The molecule has 18 heavy (non-hydrogen) atoms. The number of rotatable bonds is 3. The van der Waals surface area contributed by atoms with Crippen molar-refractivity contribution in [3.8, 4) is 0 Å². The molecule has 1 aromatic carbocycles. The second-order valence-electron chi connectivity index (χ2n) is 3.46. The van der Waals surface area contributed by atoms with Gasteiger partial charge in [0.05, 0.1) is 23.1 Å². The molecule has 96 valence electrons. The summed E-state index contributed by atoms with van der Waals surface area (Å²) in [6, 6.07) is 2.23. The molecule has 0 unspecified atom stereocenters. The van der Waals surface area contributed by atoms with Crippen LogP contribution >= 0.6 is 11.6 Å². The Morgan fingerprint density at radius 1 is 1.11 bits per heavy atom. The van der Waals surface area contributed by atoms with E-state index in [-0.39, 0.29) is 5.56 Å². The topological polar surface area (TPSA) is 105 Å². The maximum Gasteiger partial charge on any atom is 0.295 e. The third-order valence-electron chi connectivity index (χ3n) is 2.34. The van der Waals surface area contributed by atoms with Crippen LogP contribution in [0.3, 0.4) is 0 Å². The SMILES string of the molecule is O=[N+]([O-])c1cc(C2OCCO2)cc([N+](=O)[O-])c1Cl. The van der Waals surface area contributed by atoms with E-state index in [1.807, 2.05) is 0 Å². The standard InChI is InChI=1S/C9H7ClN2O6/c10-8-6(11(13)14)3-5(4-7(8)12(15)16)9-17-1-2-18-9/h3-4,9H,1-2H2. The van der Waals surface area contributed by atoms with Gasteiger partial charge in [-0.25, -0.2) is 0 Å². The predicted molar refractivity (Wildman–Crippen MR) is 59.4 cm³/mol. The molecular weight excluding hydrogens is 268 g/mol. The van der Waals surface area contributed by atoms with Crippen molar-refractivity contribution in [2.45, 2.75) is 6.29 Å². The van der Waals surface area contributed by atoms with Crippen molar-refractivity contribution in [1.29, 1.82) is 0 Å². The molecule has 0 saturated carbocycles. The number of hydrogen-bond donors (Lipinski definition) is 0. The highest BCUT2D eigenvalue weighted by Crippen LogP contribution is 2.38. The first-order valence-corrected chi connectivity index (χ1v) is 5.24. The van der Waals surface area contributed by atoms with Crippen LogP contribution in [-0.2, 0) is 9.47 Å². The van der Waals surface area contributed by atoms with Gasteiger partial charge in [-0.3, -0.25) is 20.2 Å². The van der Waals surface area contributed by atoms with Gasteiger partial charge < -0.3 is 9.47 Å². The molecule has 9 heteroatoms. The van der Waals surface area contributed by atoms with Crippen molar-refractivity contribution in [3.05, 3.63) is 42.9 Å². The Bertz CT molecular complexity index is 479. The summed E-state index contributed by atoms with van der Waals surface area (Å²) >= 11 is 5.61. The molecule has 1 saturated heterocycles. The molecule has 0 atom stereocenters. The highest BCUT2D eigenvalue weighted by atomic mass is 35.5. The molecule has 0 amide bonds. The highest BCUT2D eigenvalue weighted by Gasteiger charge is 2.29. The van der Waals surface area contributed by atoms with Crippen molar-refractivity contribution in [2.24, 2.45) is 0 Å². The van der Waals surface area contributed by atoms with Gasteiger partial charge in [0.2, 0.25) is 0 Å². The maximum atomic E-state index is 10.8. The van der Waals surface area contributed by atoms with Crippen molar-refractivity contribution in [1.82, 2.24) is 0 Å². The molecule has 8 nitrogen and oxygen atoms in total. The van der Waals surface area contributed by atoms with Crippen LogP contribution in [0.5, 0.6) is 0 Å². The lowest BCUT2D eigenvalue weighted by Gasteiger charge is -2.09. The Kier molecular flexibility index (Phi) is 3.41. The number of halogens is 1. The number of nitro benzene ring substituents is 2. The predicted octanol–water partition coefficient (Wildman–Crippen LogP) is 2.20. The van der Waals surface area contributed by atoms with Crippen LogP contribution in [-0.4, -0.2) is 23.1 Å². The van der Waals surface area contributed by atoms with E-state index in [1.165, 1.54) is 0 Å². The van der Waals surface area contributed by atoms with Gasteiger partial charge in [-0.1, -0.05) is 11.6 Å². The monoisotopic (exact) mass is 274 g/mol. The minimum absolute atomic E-state index is 0.204. The average molecular weight is 275 g/mol. The van der Waals surface area contributed by atoms with Crippen LogP contribution in [0.25, 0.3) is 0 Å². The summed E-state index contributed by atoms with van der Waals surface area (Å²) in [6.45, 7) is 0.657. The molecule has 2 rings (SSSR count). The van der Waals surface area contributed by atoms with Crippen LogP contribution < -0.4 is 0 Å². The summed E-state index contributed by atoms with van der Waals surface area (Å²) in [5, 5.41) is 21.1. The highest BCUT2D eigenvalue weighted by molar-refractivity contribution is 6.34. The van der Waals surface area contributed by atoms with Gasteiger partial charge in [0, 0.05) is 17.7 Å². The summed E-state index contributed by atoms with van der Waals surface area (Å²) < 4.78 is 10.3. The molecule has 0 bridgehead atoms. The number of nitrogens with zero attached hydrogens (tertiary/aromatic N) is 2. The molecule has 0 spiro atoms. The van der Waals surface area contributed by atoms with Gasteiger partial charge in [0.1, 0.15) is 0 Å². The molecule has 1 fully saturated rings. The van der Waals surface area contributed by atoms with Crippen molar-refractivity contribution in [3.63, 3.8) is 0 Å². The van der Waals surface area contributed by atoms with Crippen molar-refractivity contribution >= 4 is 23.0 Å². The molecule has 1 heterocycles. The molecular formula is C9H7ClN2O6. The van der Waals surface area contributed by atoms with Gasteiger partial charge in [-0.2, -0.15) is 0 Å². The van der Waals surface area contributed by atoms with E-state index in [2.05, 4.69) is 0 Å². The van der Waals surface area contributed by atoms with Crippen LogP contribution in [0.1, 0.15) is 11.9 Å². The molecule has 0 N–H and O–H groups in total. The molecule has 1 aliphatic heterocycles. The Morgan fingerprint density at radius 2 is 1.56 bits per heavy atom. The minimum Gasteiger partial charge on any atom is -0.346 e. The van der Waals surface area contributed by atoms with E-state index >= 15 is 0 Å². The van der Waals surface area contributed by atoms with Crippen molar-refractivity contribution in [2.75, 3.05) is 13.2 Å². The third-order valence-corrected chi connectivity index (χ3v) is 2.73. The first-order valence-electron chi connectivity index (χ1n) is 4.86. The molecule has 1 aromatic rings. The van der Waals surface area contributed by atoms with E-state index in [0.717, 1.165) is 12.1 Å². The second-order valence-corrected chi connectivity index (χ2v) is 3.84. The smallest absolute Gasteiger partial charge is 0.295 e. The van der Waals surface area contributed by atoms with Crippen molar-refractivity contribution < 1.29 is 19.3 Å². The van der Waals surface area contributed by atoms with Gasteiger partial charge >= 0.3 is 0 Å². The molecule has 0 aromatic heterocycles. The lowest BCUT2D eigenvalue weighted by molar-refractivity contribution is -0.394. The Morgan fingerprint density at radius 3 is 1.94 bits per heavy atom. The van der Waals surface area contributed by atoms with E-state index in [0.29, 0.717) is 13.2 Å². The Labute approximate surface area is 105 Å². The summed E-state index contributed by atoms with van der Waals surface area (Å²) in [5.74, 6) is 0.